The molecular weight excluding hydrogens is 310 g/mol. The van der Waals surface area contributed by atoms with Gasteiger partial charge in [0.25, 0.3) is 0 Å². The lowest BCUT2D eigenvalue weighted by molar-refractivity contribution is 0.179. The summed E-state index contributed by atoms with van der Waals surface area (Å²) in [5.41, 5.74) is 3.67. The molecule has 0 saturated carbocycles. The van der Waals surface area contributed by atoms with Gasteiger partial charge in [0.05, 0.1) is 11.0 Å². The van der Waals surface area contributed by atoms with E-state index >= 15 is 0 Å². The molecule has 0 amide bonds. The zero-order valence-corrected chi connectivity index (χ0v) is 14.5. The first kappa shape index (κ1) is 17.7. The highest BCUT2D eigenvalue weighted by Gasteiger charge is 2.19. The Morgan fingerprint density at radius 2 is 1.61 bits per heavy atom. The molecule has 0 spiro atoms. The number of aliphatic hydroxyl groups excluding tert-OH is 1. The molecule has 0 aliphatic rings. The second-order valence-corrected chi connectivity index (χ2v) is 7.63. The van der Waals surface area contributed by atoms with Crippen molar-refractivity contribution >= 4 is 10.0 Å². The molecule has 2 aromatic rings. The zero-order chi connectivity index (χ0) is 17.0. The van der Waals surface area contributed by atoms with Gasteiger partial charge in [0.15, 0.2) is 0 Å². The second-order valence-electron chi connectivity index (χ2n) is 5.90. The molecule has 1 unspecified atom stereocenters. The Bertz CT molecular complexity index is 770. The fourth-order valence-corrected chi connectivity index (χ4v) is 3.85. The molecule has 5 heteroatoms. The molecule has 1 atom stereocenters. The molecule has 0 bridgehead atoms. The van der Waals surface area contributed by atoms with E-state index in [0.717, 1.165) is 16.7 Å². The molecule has 0 radical (unpaired) electrons. The van der Waals surface area contributed by atoms with E-state index in [1.165, 1.54) is 0 Å². The molecule has 2 aromatic carbocycles. The van der Waals surface area contributed by atoms with Crippen LogP contribution in [0.1, 0.15) is 22.3 Å². The Kier molecular flexibility index (Phi) is 5.57. The molecule has 0 heterocycles. The first-order valence-corrected chi connectivity index (χ1v) is 9.07. The molecule has 0 aliphatic heterocycles. The van der Waals surface area contributed by atoms with Crippen LogP contribution in [0.15, 0.2) is 47.4 Å². The van der Waals surface area contributed by atoms with Crippen molar-refractivity contribution in [2.45, 2.75) is 38.2 Å². The SMILES string of the molecule is Cc1cc(C)c(S(=O)(=O)NCC(O)Cc2ccccc2)cc1C. The minimum Gasteiger partial charge on any atom is -0.391 e. The van der Waals surface area contributed by atoms with Gasteiger partial charge in [0.1, 0.15) is 0 Å². The molecule has 0 saturated heterocycles. The summed E-state index contributed by atoms with van der Waals surface area (Å²) in [5, 5.41) is 10.1. The summed E-state index contributed by atoms with van der Waals surface area (Å²) in [7, 11) is -3.63. The van der Waals surface area contributed by atoms with Crippen LogP contribution in [0, 0.1) is 20.8 Å². The highest BCUT2D eigenvalue weighted by atomic mass is 32.2. The number of aliphatic hydroxyl groups is 1. The molecule has 2 N–H and O–H groups in total. The molecule has 124 valence electrons. The van der Waals surface area contributed by atoms with E-state index in [4.69, 9.17) is 0 Å². The molecule has 23 heavy (non-hydrogen) atoms. The first-order valence-electron chi connectivity index (χ1n) is 7.59. The number of benzene rings is 2. The minimum atomic E-state index is -3.63. The predicted octanol–water partition coefficient (Wildman–Crippen LogP) is 2.49. The van der Waals surface area contributed by atoms with E-state index in [0.29, 0.717) is 12.0 Å². The van der Waals surface area contributed by atoms with Crippen LogP contribution in [0.3, 0.4) is 0 Å². The quantitative estimate of drug-likeness (QED) is 0.853. The van der Waals surface area contributed by atoms with Crippen molar-refractivity contribution in [3.05, 3.63) is 64.7 Å². The molecular formula is C18H23NO3S. The number of rotatable bonds is 6. The van der Waals surface area contributed by atoms with Crippen LogP contribution in [-0.2, 0) is 16.4 Å². The predicted molar refractivity (Wildman–Crippen MR) is 92.0 cm³/mol. The number of hydrogen-bond acceptors (Lipinski definition) is 3. The van der Waals surface area contributed by atoms with Gasteiger partial charge in [-0.15, -0.1) is 0 Å². The van der Waals surface area contributed by atoms with Crippen molar-refractivity contribution in [3.8, 4) is 0 Å². The monoisotopic (exact) mass is 333 g/mol. The van der Waals surface area contributed by atoms with Crippen LogP contribution in [0.5, 0.6) is 0 Å². The van der Waals surface area contributed by atoms with Crippen molar-refractivity contribution in [1.29, 1.82) is 0 Å². The maximum Gasteiger partial charge on any atom is 0.240 e. The number of nitrogens with one attached hydrogen (secondary N) is 1. The Balaban J connectivity index is 2.06. The van der Waals surface area contributed by atoms with Gasteiger partial charge in [0, 0.05) is 6.54 Å². The molecule has 2 rings (SSSR count). The average molecular weight is 333 g/mol. The van der Waals surface area contributed by atoms with Crippen molar-refractivity contribution in [2.75, 3.05) is 6.54 Å². The standard InChI is InChI=1S/C18H23NO3S/c1-13-9-15(3)18(10-14(13)2)23(21,22)19-12-17(20)11-16-7-5-4-6-8-16/h4-10,17,19-20H,11-12H2,1-3H3. The van der Waals surface area contributed by atoms with Crippen molar-refractivity contribution in [3.63, 3.8) is 0 Å². The van der Waals surface area contributed by atoms with Crippen LogP contribution < -0.4 is 4.72 Å². The molecule has 0 fully saturated rings. The van der Waals surface area contributed by atoms with Gasteiger partial charge in [-0.3, -0.25) is 0 Å². The Morgan fingerprint density at radius 3 is 2.26 bits per heavy atom. The molecule has 4 nitrogen and oxygen atoms in total. The third-order valence-corrected chi connectivity index (χ3v) is 5.47. The van der Waals surface area contributed by atoms with Crippen LogP contribution in [-0.4, -0.2) is 26.2 Å². The van der Waals surface area contributed by atoms with Crippen LogP contribution in [0.4, 0.5) is 0 Å². The average Bonchev–Trinajstić information content (AvgIpc) is 2.50. The topological polar surface area (TPSA) is 66.4 Å². The van der Waals surface area contributed by atoms with Gasteiger partial charge < -0.3 is 5.11 Å². The third-order valence-electron chi connectivity index (χ3n) is 3.90. The maximum atomic E-state index is 12.5. The van der Waals surface area contributed by atoms with E-state index < -0.39 is 16.1 Å². The van der Waals surface area contributed by atoms with Gasteiger partial charge in [-0.1, -0.05) is 36.4 Å². The fraction of sp³-hybridized carbons (Fsp3) is 0.333. The number of hydrogen-bond donors (Lipinski definition) is 2. The second kappa shape index (κ2) is 7.25. The van der Waals surface area contributed by atoms with E-state index in [9.17, 15) is 13.5 Å². The lowest BCUT2D eigenvalue weighted by Crippen LogP contribution is -2.33. The van der Waals surface area contributed by atoms with Crippen LogP contribution >= 0.6 is 0 Å². The summed E-state index contributed by atoms with van der Waals surface area (Å²) in [4.78, 5) is 0.271. The Labute approximate surface area is 138 Å². The van der Waals surface area contributed by atoms with Gasteiger partial charge in [-0.2, -0.15) is 0 Å². The van der Waals surface area contributed by atoms with Gasteiger partial charge in [-0.05, 0) is 55.5 Å². The van der Waals surface area contributed by atoms with Crippen LogP contribution in [0.25, 0.3) is 0 Å². The zero-order valence-electron chi connectivity index (χ0n) is 13.7. The number of aryl methyl sites for hydroxylation is 3. The Morgan fingerprint density at radius 1 is 1.00 bits per heavy atom. The maximum absolute atomic E-state index is 12.5. The summed E-state index contributed by atoms with van der Waals surface area (Å²) in [6.45, 7) is 5.61. The van der Waals surface area contributed by atoms with Crippen molar-refractivity contribution in [1.82, 2.24) is 4.72 Å². The molecule has 0 aromatic heterocycles. The normalized spacial score (nSPS) is 13.0. The fourth-order valence-electron chi connectivity index (χ4n) is 2.47. The van der Waals surface area contributed by atoms with Crippen molar-refractivity contribution in [2.24, 2.45) is 0 Å². The summed E-state index contributed by atoms with van der Waals surface area (Å²) in [6.07, 6.45) is -0.353. The minimum absolute atomic E-state index is 0.0103. The van der Waals surface area contributed by atoms with E-state index in [-0.39, 0.29) is 11.4 Å². The van der Waals surface area contributed by atoms with Gasteiger partial charge >= 0.3 is 0 Å². The smallest absolute Gasteiger partial charge is 0.240 e. The summed E-state index contributed by atoms with van der Waals surface area (Å²) in [6, 6.07) is 13.0. The number of sulfonamides is 1. The van der Waals surface area contributed by atoms with Gasteiger partial charge in [-0.25, -0.2) is 13.1 Å². The Hall–Kier alpha value is -1.69. The largest absolute Gasteiger partial charge is 0.391 e. The lowest BCUT2D eigenvalue weighted by atomic mass is 10.1. The summed E-state index contributed by atoms with van der Waals surface area (Å²) in [5.74, 6) is 0. The summed E-state index contributed by atoms with van der Waals surface area (Å²) < 4.78 is 27.4. The van der Waals surface area contributed by atoms with E-state index in [2.05, 4.69) is 4.72 Å². The highest BCUT2D eigenvalue weighted by Crippen LogP contribution is 2.19. The van der Waals surface area contributed by atoms with Gasteiger partial charge in [0.2, 0.25) is 10.0 Å². The van der Waals surface area contributed by atoms with Crippen molar-refractivity contribution < 1.29 is 13.5 Å². The molecule has 0 aliphatic carbocycles. The first-order chi connectivity index (χ1) is 10.8. The third kappa shape index (κ3) is 4.64. The van der Waals surface area contributed by atoms with E-state index in [1.807, 2.05) is 50.2 Å². The highest BCUT2D eigenvalue weighted by molar-refractivity contribution is 7.89. The lowest BCUT2D eigenvalue weighted by Gasteiger charge is -2.15. The van der Waals surface area contributed by atoms with Crippen LogP contribution in [0.2, 0.25) is 0 Å². The van der Waals surface area contributed by atoms with E-state index in [1.54, 1.807) is 13.0 Å². The summed E-state index contributed by atoms with van der Waals surface area (Å²) >= 11 is 0.